The van der Waals surface area contributed by atoms with Gasteiger partial charge in [-0.1, -0.05) is 48.5 Å². The highest BCUT2D eigenvalue weighted by atomic mass is 16.6. The van der Waals surface area contributed by atoms with Gasteiger partial charge in [-0.25, -0.2) is 4.79 Å². The minimum atomic E-state index is -0.625. The Labute approximate surface area is 165 Å². The summed E-state index contributed by atoms with van der Waals surface area (Å²) in [5, 5.41) is 7.57. The SMILES string of the molecule is CC(C)(C)OC(=O)CNC(=O)N(C#Cc1ccccc1)/N=C/c1ccccc1. The average Bonchev–Trinajstić information content (AvgIpc) is 2.66. The van der Waals surface area contributed by atoms with Crippen LogP contribution in [0, 0.1) is 12.0 Å². The Balaban J connectivity index is 2.11. The molecule has 2 aromatic rings. The molecule has 0 spiro atoms. The van der Waals surface area contributed by atoms with Gasteiger partial charge in [0, 0.05) is 11.6 Å². The van der Waals surface area contributed by atoms with Crippen LogP contribution in [-0.2, 0) is 9.53 Å². The van der Waals surface area contributed by atoms with Crippen LogP contribution >= 0.6 is 0 Å². The molecule has 1 N–H and O–H groups in total. The molecule has 0 atom stereocenters. The molecule has 0 saturated carbocycles. The molecule has 6 heteroatoms. The first-order valence-corrected chi connectivity index (χ1v) is 8.79. The highest BCUT2D eigenvalue weighted by molar-refractivity contribution is 5.84. The highest BCUT2D eigenvalue weighted by Gasteiger charge is 2.18. The molecule has 0 aliphatic rings. The second-order valence-corrected chi connectivity index (χ2v) is 6.82. The van der Waals surface area contributed by atoms with E-state index in [9.17, 15) is 9.59 Å². The Hall–Kier alpha value is -3.59. The number of nitrogens with one attached hydrogen (secondary N) is 1. The largest absolute Gasteiger partial charge is 0.459 e. The second kappa shape index (κ2) is 9.93. The molecule has 0 radical (unpaired) electrons. The van der Waals surface area contributed by atoms with Crippen LogP contribution in [0.25, 0.3) is 0 Å². The Morgan fingerprint density at radius 3 is 2.29 bits per heavy atom. The maximum atomic E-state index is 12.4. The van der Waals surface area contributed by atoms with Gasteiger partial charge in [0.25, 0.3) is 0 Å². The van der Waals surface area contributed by atoms with E-state index >= 15 is 0 Å². The smallest absolute Gasteiger partial charge is 0.350 e. The fourth-order valence-electron chi connectivity index (χ4n) is 2.03. The number of esters is 1. The molecule has 0 saturated heterocycles. The lowest BCUT2D eigenvalue weighted by Crippen LogP contribution is -2.39. The molecule has 0 aliphatic carbocycles. The summed E-state index contributed by atoms with van der Waals surface area (Å²) in [5.41, 5.74) is 0.927. The molecule has 2 aromatic carbocycles. The number of nitrogens with zero attached hydrogens (tertiary/aromatic N) is 2. The van der Waals surface area contributed by atoms with Crippen LogP contribution in [0.4, 0.5) is 4.79 Å². The number of amides is 2. The number of hydrogen-bond donors (Lipinski definition) is 1. The summed E-state index contributed by atoms with van der Waals surface area (Å²) >= 11 is 0. The molecular formula is C22H23N3O3. The quantitative estimate of drug-likeness (QED) is 0.292. The molecule has 2 amide bonds. The van der Waals surface area contributed by atoms with E-state index in [2.05, 4.69) is 22.4 Å². The monoisotopic (exact) mass is 377 g/mol. The number of rotatable bonds is 4. The number of urea groups is 1. The highest BCUT2D eigenvalue weighted by Crippen LogP contribution is 2.06. The number of carbonyl (C=O) groups is 2. The zero-order valence-corrected chi connectivity index (χ0v) is 16.2. The maximum absolute atomic E-state index is 12.4. The zero-order valence-electron chi connectivity index (χ0n) is 16.2. The van der Waals surface area contributed by atoms with Crippen molar-refractivity contribution >= 4 is 18.2 Å². The third-order valence-corrected chi connectivity index (χ3v) is 3.20. The van der Waals surface area contributed by atoms with Gasteiger partial charge >= 0.3 is 12.0 Å². The first-order chi connectivity index (χ1) is 13.3. The van der Waals surface area contributed by atoms with Gasteiger partial charge in [-0.05, 0) is 44.4 Å². The number of hydrazone groups is 1. The standard InChI is InChI=1S/C22H23N3O3/c1-22(2,3)28-20(26)17-23-21(27)25(15-14-18-10-6-4-7-11-18)24-16-19-12-8-5-9-13-19/h4-13,16H,17H2,1-3H3,(H,23,27)/b24-16+. The van der Waals surface area contributed by atoms with E-state index in [0.29, 0.717) is 0 Å². The number of carbonyl (C=O) groups excluding carboxylic acids is 2. The molecular weight excluding hydrogens is 354 g/mol. The van der Waals surface area contributed by atoms with Gasteiger partial charge in [0.1, 0.15) is 12.1 Å². The molecule has 0 unspecified atom stereocenters. The van der Waals surface area contributed by atoms with Crippen molar-refractivity contribution in [1.82, 2.24) is 10.3 Å². The van der Waals surface area contributed by atoms with Gasteiger partial charge in [0.15, 0.2) is 0 Å². The fraction of sp³-hybridized carbons (Fsp3) is 0.227. The second-order valence-electron chi connectivity index (χ2n) is 6.82. The number of hydrogen-bond acceptors (Lipinski definition) is 4. The summed E-state index contributed by atoms with van der Waals surface area (Å²) in [6.45, 7) is 5.00. The van der Waals surface area contributed by atoms with Crippen LogP contribution < -0.4 is 5.32 Å². The lowest BCUT2D eigenvalue weighted by molar-refractivity contribution is -0.153. The topological polar surface area (TPSA) is 71.0 Å². The van der Waals surface area contributed by atoms with E-state index in [1.807, 2.05) is 60.7 Å². The van der Waals surface area contributed by atoms with E-state index in [-0.39, 0.29) is 6.54 Å². The van der Waals surface area contributed by atoms with Crippen LogP contribution in [0.5, 0.6) is 0 Å². The zero-order chi connectivity index (χ0) is 20.4. The van der Waals surface area contributed by atoms with Gasteiger partial charge in [-0.2, -0.15) is 5.10 Å². The van der Waals surface area contributed by atoms with Crippen LogP contribution in [-0.4, -0.2) is 35.4 Å². The van der Waals surface area contributed by atoms with Crippen LogP contribution in [0.1, 0.15) is 31.9 Å². The van der Waals surface area contributed by atoms with Crippen molar-refractivity contribution in [3.63, 3.8) is 0 Å². The minimum absolute atomic E-state index is 0.277. The third kappa shape index (κ3) is 7.75. The van der Waals surface area contributed by atoms with Crippen molar-refractivity contribution in [2.75, 3.05) is 6.54 Å². The molecule has 144 valence electrons. The lowest BCUT2D eigenvalue weighted by Gasteiger charge is -2.19. The number of ether oxygens (including phenoxy) is 1. The first-order valence-electron chi connectivity index (χ1n) is 8.79. The van der Waals surface area contributed by atoms with Crippen LogP contribution in [0.2, 0.25) is 0 Å². The summed E-state index contributed by atoms with van der Waals surface area (Å²) in [6, 6.07) is 20.6. The molecule has 2 rings (SSSR count). The summed E-state index contributed by atoms with van der Waals surface area (Å²) < 4.78 is 5.18. The van der Waals surface area contributed by atoms with E-state index in [4.69, 9.17) is 4.74 Å². The van der Waals surface area contributed by atoms with Crippen molar-refractivity contribution in [1.29, 1.82) is 0 Å². The summed E-state index contributed by atoms with van der Waals surface area (Å²) in [7, 11) is 0. The predicted octanol–water partition coefficient (Wildman–Crippen LogP) is 3.38. The third-order valence-electron chi connectivity index (χ3n) is 3.20. The van der Waals surface area contributed by atoms with Gasteiger partial charge in [0.05, 0.1) is 6.21 Å². The van der Waals surface area contributed by atoms with Crippen molar-refractivity contribution < 1.29 is 14.3 Å². The van der Waals surface area contributed by atoms with Crippen LogP contribution in [0.3, 0.4) is 0 Å². The summed E-state index contributed by atoms with van der Waals surface area (Å²) in [6.07, 6.45) is 1.52. The molecule has 28 heavy (non-hydrogen) atoms. The van der Waals surface area contributed by atoms with Crippen molar-refractivity contribution in [3.8, 4) is 12.0 Å². The van der Waals surface area contributed by atoms with Crippen molar-refractivity contribution in [2.24, 2.45) is 5.10 Å². The molecule has 0 aromatic heterocycles. The van der Waals surface area contributed by atoms with Crippen molar-refractivity contribution in [3.05, 3.63) is 71.8 Å². The Morgan fingerprint density at radius 2 is 1.68 bits per heavy atom. The van der Waals surface area contributed by atoms with Gasteiger partial charge in [0.2, 0.25) is 0 Å². The summed E-state index contributed by atoms with van der Waals surface area (Å²) in [5.74, 6) is 2.33. The van der Waals surface area contributed by atoms with E-state index < -0.39 is 17.6 Å². The summed E-state index contributed by atoms with van der Waals surface area (Å²) in [4.78, 5) is 24.3. The molecule has 0 bridgehead atoms. The van der Waals surface area contributed by atoms with Crippen molar-refractivity contribution in [2.45, 2.75) is 26.4 Å². The first kappa shape index (κ1) is 20.7. The number of benzene rings is 2. The molecule has 6 nitrogen and oxygen atoms in total. The van der Waals surface area contributed by atoms with E-state index in [1.54, 1.807) is 20.8 Å². The minimum Gasteiger partial charge on any atom is -0.459 e. The van der Waals surface area contributed by atoms with E-state index in [1.165, 1.54) is 6.21 Å². The van der Waals surface area contributed by atoms with Crippen LogP contribution in [0.15, 0.2) is 65.8 Å². The Kier molecular flexibility index (Phi) is 7.35. The Bertz CT molecular complexity index is 876. The fourth-order valence-corrected chi connectivity index (χ4v) is 2.03. The van der Waals surface area contributed by atoms with E-state index in [0.717, 1.165) is 16.1 Å². The van der Waals surface area contributed by atoms with Gasteiger partial charge < -0.3 is 10.1 Å². The molecule has 0 fully saturated rings. The molecule has 0 aliphatic heterocycles. The average molecular weight is 377 g/mol. The normalized spacial score (nSPS) is 10.7. The Morgan fingerprint density at radius 1 is 1.07 bits per heavy atom. The maximum Gasteiger partial charge on any atom is 0.350 e. The molecule has 0 heterocycles. The van der Waals surface area contributed by atoms with Gasteiger partial charge in [-0.3, -0.25) is 4.79 Å². The van der Waals surface area contributed by atoms with Gasteiger partial charge in [-0.15, -0.1) is 5.01 Å². The lowest BCUT2D eigenvalue weighted by atomic mass is 10.2. The predicted molar refractivity (Wildman–Crippen MR) is 108 cm³/mol.